The number of anilines is 2. The summed E-state index contributed by atoms with van der Waals surface area (Å²) in [6.07, 6.45) is 2.19. The van der Waals surface area contributed by atoms with E-state index in [1.807, 2.05) is 12.1 Å². The van der Waals surface area contributed by atoms with E-state index in [-0.39, 0.29) is 18.4 Å². The molecule has 1 aromatic rings. The highest BCUT2D eigenvalue weighted by molar-refractivity contribution is 5.88. The smallest absolute Gasteiger partial charge is 0.239 e. The highest BCUT2D eigenvalue weighted by Crippen LogP contribution is 2.18. The second-order valence-electron chi connectivity index (χ2n) is 4.45. The van der Waals surface area contributed by atoms with Crippen LogP contribution in [-0.4, -0.2) is 24.4 Å². The van der Waals surface area contributed by atoms with Gasteiger partial charge in [0.25, 0.3) is 0 Å². The Morgan fingerprint density at radius 3 is 2.33 bits per heavy atom. The molecule has 18 heavy (non-hydrogen) atoms. The number of carbonyl (C=O) groups is 2. The SMILES string of the molecule is CC(=O)Nc1ccc(NCC(=O)NC2CC2)cc1. The lowest BCUT2D eigenvalue weighted by Gasteiger charge is -2.08. The van der Waals surface area contributed by atoms with Crippen LogP contribution in [0.25, 0.3) is 0 Å². The Kier molecular flexibility index (Phi) is 3.82. The third-order valence-electron chi connectivity index (χ3n) is 2.60. The van der Waals surface area contributed by atoms with Gasteiger partial charge < -0.3 is 16.0 Å². The molecule has 0 bridgehead atoms. The van der Waals surface area contributed by atoms with Crippen LogP contribution in [0.3, 0.4) is 0 Å². The van der Waals surface area contributed by atoms with E-state index in [0.29, 0.717) is 6.04 Å². The molecule has 0 unspecified atom stereocenters. The normalized spacial score (nSPS) is 13.8. The third-order valence-corrected chi connectivity index (χ3v) is 2.60. The van der Waals surface area contributed by atoms with Crippen LogP contribution in [0, 0.1) is 0 Å². The van der Waals surface area contributed by atoms with E-state index in [4.69, 9.17) is 0 Å². The fourth-order valence-electron chi connectivity index (χ4n) is 1.56. The zero-order valence-electron chi connectivity index (χ0n) is 10.3. The minimum Gasteiger partial charge on any atom is -0.376 e. The zero-order chi connectivity index (χ0) is 13.0. The van der Waals surface area contributed by atoms with Crippen LogP contribution < -0.4 is 16.0 Å². The fraction of sp³-hybridized carbons (Fsp3) is 0.385. The van der Waals surface area contributed by atoms with Gasteiger partial charge in [-0.1, -0.05) is 0 Å². The van der Waals surface area contributed by atoms with E-state index in [9.17, 15) is 9.59 Å². The molecule has 2 amide bonds. The van der Waals surface area contributed by atoms with Gasteiger partial charge in [-0.25, -0.2) is 0 Å². The highest BCUT2D eigenvalue weighted by atomic mass is 16.2. The van der Waals surface area contributed by atoms with E-state index in [2.05, 4.69) is 16.0 Å². The zero-order valence-corrected chi connectivity index (χ0v) is 10.3. The molecule has 1 aliphatic carbocycles. The number of rotatable bonds is 5. The third kappa shape index (κ3) is 4.08. The lowest BCUT2D eigenvalue weighted by Crippen LogP contribution is -2.31. The van der Waals surface area contributed by atoms with Gasteiger partial charge in [-0.05, 0) is 37.1 Å². The monoisotopic (exact) mass is 247 g/mol. The number of nitrogens with one attached hydrogen (secondary N) is 3. The second kappa shape index (κ2) is 5.53. The number of amides is 2. The van der Waals surface area contributed by atoms with Crippen molar-refractivity contribution in [3.8, 4) is 0 Å². The van der Waals surface area contributed by atoms with Crippen LogP contribution in [-0.2, 0) is 9.59 Å². The van der Waals surface area contributed by atoms with Gasteiger partial charge in [0.2, 0.25) is 11.8 Å². The van der Waals surface area contributed by atoms with Gasteiger partial charge in [0.1, 0.15) is 0 Å². The first-order valence-corrected chi connectivity index (χ1v) is 6.04. The molecule has 0 saturated heterocycles. The first-order valence-electron chi connectivity index (χ1n) is 6.04. The molecule has 0 aromatic heterocycles. The first kappa shape index (κ1) is 12.4. The van der Waals surface area contributed by atoms with Gasteiger partial charge in [-0.2, -0.15) is 0 Å². The van der Waals surface area contributed by atoms with Gasteiger partial charge in [0, 0.05) is 24.3 Å². The second-order valence-corrected chi connectivity index (χ2v) is 4.45. The molecule has 0 spiro atoms. The van der Waals surface area contributed by atoms with E-state index >= 15 is 0 Å². The quantitative estimate of drug-likeness (QED) is 0.735. The van der Waals surface area contributed by atoms with Gasteiger partial charge in [-0.3, -0.25) is 9.59 Å². The summed E-state index contributed by atoms with van der Waals surface area (Å²) in [4.78, 5) is 22.3. The number of carbonyl (C=O) groups excluding carboxylic acids is 2. The maximum absolute atomic E-state index is 11.4. The Bertz CT molecular complexity index is 438. The minimum absolute atomic E-state index is 0.0171. The van der Waals surface area contributed by atoms with Crippen molar-refractivity contribution in [2.24, 2.45) is 0 Å². The minimum atomic E-state index is -0.0977. The van der Waals surface area contributed by atoms with Crippen molar-refractivity contribution in [1.82, 2.24) is 5.32 Å². The van der Waals surface area contributed by atoms with Crippen LogP contribution in [0.5, 0.6) is 0 Å². The van der Waals surface area contributed by atoms with Crippen molar-refractivity contribution in [3.05, 3.63) is 24.3 Å². The summed E-state index contributed by atoms with van der Waals surface area (Å²) in [5.74, 6) is -0.0806. The summed E-state index contributed by atoms with van der Waals surface area (Å²) >= 11 is 0. The van der Waals surface area contributed by atoms with Crippen molar-refractivity contribution in [2.45, 2.75) is 25.8 Å². The molecule has 0 aliphatic heterocycles. The molecule has 0 heterocycles. The number of hydrogen-bond donors (Lipinski definition) is 3. The van der Waals surface area contributed by atoms with Gasteiger partial charge in [-0.15, -0.1) is 0 Å². The summed E-state index contributed by atoms with van der Waals surface area (Å²) in [6.45, 7) is 1.74. The van der Waals surface area contributed by atoms with E-state index in [1.54, 1.807) is 12.1 Å². The molecular formula is C13H17N3O2. The summed E-state index contributed by atoms with van der Waals surface area (Å²) < 4.78 is 0. The highest BCUT2D eigenvalue weighted by Gasteiger charge is 2.22. The van der Waals surface area contributed by atoms with Crippen LogP contribution in [0.4, 0.5) is 11.4 Å². The summed E-state index contributed by atoms with van der Waals surface area (Å²) in [5.41, 5.74) is 1.60. The molecule has 1 aromatic carbocycles. The lowest BCUT2D eigenvalue weighted by molar-refractivity contribution is -0.119. The van der Waals surface area contributed by atoms with Crippen molar-refractivity contribution in [2.75, 3.05) is 17.2 Å². The summed E-state index contributed by atoms with van der Waals surface area (Å²) in [5, 5.41) is 8.62. The van der Waals surface area contributed by atoms with Crippen molar-refractivity contribution < 1.29 is 9.59 Å². The first-order chi connectivity index (χ1) is 8.63. The Morgan fingerprint density at radius 2 is 1.78 bits per heavy atom. The Balaban J connectivity index is 1.78. The summed E-state index contributed by atoms with van der Waals surface area (Å²) in [6, 6.07) is 7.64. The molecule has 3 N–H and O–H groups in total. The molecule has 2 rings (SSSR count). The van der Waals surface area contributed by atoms with Crippen molar-refractivity contribution in [3.63, 3.8) is 0 Å². The molecule has 1 aliphatic rings. The van der Waals surface area contributed by atoms with Crippen molar-refractivity contribution in [1.29, 1.82) is 0 Å². The van der Waals surface area contributed by atoms with Crippen LogP contribution in [0.1, 0.15) is 19.8 Å². The molecule has 1 fully saturated rings. The molecule has 5 nitrogen and oxygen atoms in total. The fourth-order valence-corrected chi connectivity index (χ4v) is 1.56. The molecule has 0 radical (unpaired) electrons. The maximum atomic E-state index is 11.4. The van der Waals surface area contributed by atoms with E-state index < -0.39 is 0 Å². The molecular weight excluding hydrogens is 230 g/mol. The Hall–Kier alpha value is -2.04. The topological polar surface area (TPSA) is 70.2 Å². The van der Waals surface area contributed by atoms with Gasteiger partial charge >= 0.3 is 0 Å². The number of benzene rings is 1. The Labute approximate surface area is 106 Å². The average molecular weight is 247 g/mol. The van der Waals surface area contributed by atoms with Crippen LogP contribution >= 0.6 is 0 Å². The summed E-state index contributed by atoms with van der Waals surface area (Å²) in [7, 11) is 0. The molecule has 96 valence electrons. The maximum Gasteiger partial charge on any atom is 0.239 e. The van der Waals surface area contributed by atoms with E-state index in [0.717, 1.165) is 24.2 Å². The van der Waals surface area contributed by atoms with Gasteiger partial charge in [0.15, 0.2) is 0 Å². The predicted molar refractivity (Wildman–Crippen MR) is 70.4 cm³/mol. The Morgan fingerprint density at radius 1 is 1.17 bits per heavy atom. The van der Waals surface area contributed by atoms with Crippen LogP contribution in [0.2, 0.25) is 0 Å². The number of hydrogen-bond acceptors (Lipinski definition) is 3. The lowest BCUT2D eigenvalue weighted by atomic mass is 10.2. The predicted octanol–water partition coefficient (Wildman–Crippen LogP) is 1.34. The molecule has 0 atom stereocenters. The van der Waals surface area contributed by atoms with Crippen LogP contribution in [0.15, 0.2) is 24.3 Å². The van der Waals surface area contributed by atoms with Crippen molar-refractivity contribution >= 4 is 23.2 Å². The largest absolute Gasteiger partial charge is 0.376 e. The standard InChI is InChI=1S/C13H17N3O2/c1-9(17)15-11-4-2-10(3-5-11)14-8-13(18)16-12-6-7-12/h2-5,12,14H,6-8H2,1H3,(H,15,17)(H,16,18). The van der Waals surface area contributed by atoms with E-state index in [1.165, 1.54) is 6.92 Å². The molecule has 1 saturated carbocycles. The van der Waals surface area contributed by atoms with Gasteiger partial charge in [0.05, 0.1) is 6.54 Å². The average Bonchev–Trinajstić information content (AvgIpc) is 3.11. The molecule has 5 heteroatoms.